The van der Waals surface area contributed by atoms with Crippen LogP contribution < -0.4 is 0 Å². The first-order valence-electron chi connectivity index (χ1n) is 11.7. The summed E-state index contributed by atoms with van der Waals surface area (Å²) < 4.78 is 7.41. The lowest BCUT2D eigenvalue weighted by molar-refractivity contribution is 0.0342. The van der Waals surface area contributed by atoms with Gasteiger partial charge >= 0.3 is 0 Å². The number of nitrogens with one attached hydrogen (secondary N) is 1. The maximum Gasteiger partial charge on any atom is 0.0963 e. The van der Waals surface area contributed by atoms with Crippen molar-refractivity contribution in [3.63, 3.8) is 0 Å². The Balaban J connectivity index is 1.19. The number of H-pyrrole nitrogens is 1. The molecule has 1 N–H and O–H groups in total. The fraction of sp³-hybridized carbons (Fsp3) is 0.259. The maximum atomic E-state index is 5.49. The number of rotatable bonds is 4. The molecule has 3 aromatic heterocycles. The predicted octanol–water partition coefficient (Wildman–Crippen LogP) is 5.10. The molecule has 0 atom stereocenters. The van der Waals surface area contributed by atoms with E-state index >= 15 is 0 Å². The van der Waals surface area contributed by atoms with Gasteiger partial charge in [-0.15, -0.1) is 11.3 Å². The Bertz CT molecular complexity index is 1520. The number of morpholine rings is 1. The molecule has 2 aromatic carbocycles. The lowest BCUT2D eigenvalue weighted by atomic mass is 10.0. The Morgan fingerprint density at radius 1 is 1.06 bits per heavy atom. The summed E-state index contributed by atoms with van der Waals surface area (Å²) in [5.74, 6) is 0. The van der Waals surface area contributed by atoms with Gasteiger partial charge in [-0.1, -0.05) is 30.3 Å². The van der Waals surface area contributed by atoms with Gasteiger partial charge in [0.2, 0.25) is 0 Å². The monoisotopic (exact) mass is 467 g/mol. The average molecular weight is 468 g/mol. The van der Waals surface area contributed by atoms with Gasteiger partial charge in [0.1, 0.15) is 0 Å². The fourth-order valence-corrected chi connectivity index (χ4v) is 6.38. The van der Waals surface area contributed by atoms with Crippen molar-refractivity contribution in [2.24, 2.45) is 7.05 Å². The van der Waals surface area contributed by atoms with Gasteiger partial charge in [0, 0.05) is 64.9 Å². The number of aromatic nitrogens is 4. The standard InChI is InChI=1S/C27H25N5OS/c1-31-23-12-19(5-6-20(23)15-28-31)26-22-14-25-21(27(22)30-29-26)13-24(34-25)18-4-2-3-17(11-18)16-32-7-9-33-10-8-32/h2-6,11-13,15H,7-10,14,16H2,1H3,(H,29,30). The minimum Gasteiger partial charge on any atom is -0.379 e. The molecule has 0 unspecified atom stereocenters. The van der Waals surface area contributed by atoms with Crippen molar-refractivity contribution in [2.75, 3.05) is 26.3 Å². The van der Waals surface area contributed by atoms with E-state index in [4.69, 9.17) is 9.84 Å². The van der Waals surface area contributed by atoms with Crippen molar-refractivity contribution in [1.29, 1.82) is 0 Å². The van der Waals surface area contributed by atoms with Crippen LogP contribution in [0.5, 0.6) is 0 Å². The van der Waals surface area contributed by atoms with Gasteiger partial charge < -0.3 is 4.74 Å². The predicted molar refractivity (Wildman–Crippen MR) is 136 cm³/mol. The maximum absolute atomic E-state index is 5.49. The minimum atomic E-state index is 0.835. The van der Waals surface area contributed by atoms with Crippen molar-refractivity contribution in [3.8, 4) is 33.0 Å². The number of nitrogens with zero attached hydrogens (tertiary/aromatic N) is 4. The Hall–Kier alpha value is -3.26. The third-order valence-corrected chi connectivity index (χ3v) is 8.21. The Morgan fingerprint density at radius 3 is 2.88 bits per heavy atom. The molecule has 34 heavy (non-hydrogen) atoms. The molecule has 1 aliphatic heterocycles. The van der Waals surface area contributed by atoms with Crippen LogP contribution in [0, 0.1) is 0 Å². The number of hydrogen-bond donors (Lipinski definition) is 1. The highest BCUT2D eigenvalue weighted by Gasteiger charge is 2.28. The molecule has 0 bridgehead atoms. The van der Waals surface area contributed by atoms with Gasteiger partial charge in [0.05, 0.1) is 36.3 Å². The van der Waals surface area contributed by atoms with Crippen LogP contribution in [-0.4, -0.2) is 51.2 Å². The summed E-state index contributed by atoms with van der Waals surface area (Å²) in [6.07, 6.45) is 2.83. The zero-order valence-electron chi connectivity index (χ0n) is 19.0. The van der Waals surface area contributed by atoms with E-state index in [2.05, 4.69) is 63.6 Å². The summed E-state index contributed by atoms with van der Waals surface area (Å²) in [7, 11) is 1.98. The molecule has 0 amide bonds. The van der Waals surface area contributed by atoms with Gasteiger partial charge in [0.25, 0.3) is 0 Å². The smallest absolute Gasteiger partial charge is 0.0963 e. The number of benzene rings is 2. The topological polar surface area (TPSA) is 59.0 Å². The zero-order chi connectivity index (χ0) is 22.6. The summed E-state index contributed by atoms with van der Waals surface area (Å²) >= 11 is 1.91. The molecular formula is C27H25N5OS. The lowest BCUT2D eigenvalue weighted by Crippen LogP contribution is -2.35. The number of hydrogen-bond acceptors (Lipinski definition) is 5. The van der Waals surface area contributed by atoms with Crippen LogP contribution in [0.25, 0.3) is 43.9 Å². The summed E-state index contributed by atoms with van der Waals surface area (Å²) in [6, 6.07) is 17.8. The number of thiophene rings is 1. The second-order valence-corrected chi connectivity index (χ2v) is 10.3. The highest BCUT2D eigenvalue weighted by molar-refractivity contribution is 7.16. The molecule has 0 saturated carbocycles. The third-order valence-electron chi connectivity index (χ3n) is 7.03. The van der Waals surface area contributed by atoms with Crippen LogP contribution in [-0.2, 0) is 24.8 Å². The van der Waals surface area contributed by atoms with Crippen molar-refractivity contribution in [2.45, 2.75) is 13.0 Å². The molecule has 170 valence electrons. The second-order valence-electron chi connectivity index (χ2n) is 9.18. The van der Waals surface area contributed by atoms with Gasteiger partial charge in [0.15, 0.2) is 0 Å². The Morgan fingerprint density at radius 2 is 1.97 bits per heavy atom. The first kappa shape index (κ1) is 20.1. The average Bonchev–Trinajstić information content (AvgIpc) is 3.61. The second kappa shape index (κ2) is 7.91. The summed E-state index contributed by atoms with van der Waals surface area (Å²) in [5.41, 5.74) is 9.75. The molecule has 1 aliphatic carbocycles. The van der Waals surface area contributed by atoms with E-state index < -0.39 is 0 Å². The van der Waals surface area contributed by atoms with Crippen LogP contribution >= 0.6 is 11.3 Å². The number of ether oxygens (including phenoxy) is 1. The van der Waals surface area contributed by atoms with E-state index in [1.807, 2.05) is 29.3 Å². The van der Waals surface area contributed by atoms with Gasteiger partial charge in [-0.05, 0) is 29.3 Å². The minimum absolute atomic E-state index is 0.835. The van der Waals surface area contributed by atoms with Crippen LogP contribution in [0.15, 0.2) is 54.7 Å². The highest BCUT2D eigenvalue weighted by Crippen LogP contribution is 2.46. The molecule has 2 aliphatic rings. The number of fused-ring (bicyclic) bond motifs is 4. The van der Waals surface area contributed by atoms with Crippen LogP contribution in [0.2, 0.25) is 0 Å². The number of aromatic amines is 1. The van der Waals surface area contributed by atoms with E-state index in [0.29, 0.717) is 0 Å². The van der Waals surface area contributed by atoms with Gasteiger partial charge in [-0.3, -0.25) is 14.7 Å². The van der Waals surface area contributed by atoms with Crippen LogP contribution in [0.4, 0.5) is 0 Å². The summed E-state index contributed by atoms with van der Waals surface area (Å²) in [4.78, 5) is 5.21. The largest absolute Gasteiger partial charge is 0.379 e. The molecule has 6 nitrogen and oxygen atoms in total. The van der Waals surface area contributed by atoms with E-state index in [1.54, 1.807) is 0 Å². The molecule has 0 radical (unpaired) electrons. The molecule has 1 fully saturated rings. The first-order chi connectivity index (χ1) is 16.7. The molecule has 5 aromatic rings. The van der Waals surface area contributed by atoms with Crippen molar-refractivity contribution < 1.29 is 4.74 Å². The fourth-order valence-electron chi connectivity index (χ4n) is 5.21. The van der Waals surface area contributed by atoms with Crippen molar-refractivity contribution in [1.82, 2.24) is 24.9 Å². The molecule has 7 heteroatoms. The van der Waals surface area contributed by atoms with Gasteiger partial charge in [-0.25, -0.2) is 0 Å². The van der Waals surface area contributed by atoms with E-state index in [-0.39, 0.29) is 0 Å². The van der Waals surface area contributed by atoms with E-state index in [1.165, 1.54) is 37.7 Å². The summed E-state index contributed by atoms with van der Waals surface area (Å²) in [6.45, 7) is 4.67. The molecule has 4 heterocycles. The molecule has 1 saturated heterocycles. The Kier molecular flexibility index (Phi) is 4.68. The van der Waals surface area contributed by atoms with Crippen LogP contribution in [0.1, 0.15) is 16.0 Å². The molecular weight excluding hydrogens is 442 g/mol. The quantitative estimate of drug-likeness (QED) is 0.392. The van der Waals surface area contributed by atoms with E-state index in [9.17, 15) is 0 Å². The zero-order valence-corrected chi connectivity index (χ0v) is 19.9. The third kappa shape index (κ3) is 3.31. The van der Waals surface area contributed by atoms with Crippen LogP contribution in [0.3, 0.4) is 0 Å². The lowest BCUT2D eigenvalue weighted by Gasteiger charge is -2.26. The molecule has 0 spiro atoms. The number of aryl methyl sites for hydroxylation is 1. The Labute approximate surface area is 201 Å². The van der Waals surface area contributed by atoms with Crippen molar-refractivity contribution in [3.05, 3.63) is 70.7 Å². The highest BCUT2D eigenvalue weighted by atomic mass is 32.1. The summed E-state index contributed by atoms with van der Waals surface area (Å²) in [5, 5.41) is 13.6. The first-order valence-corrected chi connectivity index (χ1v) is 12.6. The molecule has 7 rings (SSSR count). The normalized spacial score (nSPS) is 15.7. The van der Waals surface area contributed by atoms with Crippen molar-refractivity contribution >= 4 is 22.2 Å². The van der Waals surface area contributed by atoms with Gasteiger partial charge in [-0.2, -0.15) is 10.2 Å². The van der Waals surface area contributed by atoms with E-state index in [0.717, 1.165) is 61.4 Å². The SMILES string of the molecule is Cn1ncc2ccc(-c3n[nH]c4c3Cc3sc(-c5cccc(CN6CCOCC6)c5)cc3-4)cc21.